The van der Waals surface area contributed by atoms with Gasteiger partial charge in [0.1, 0.15) is 23.1 Å². The molecule has 1 unspecified atom stereocenters. The van der Waals surface area contributed by atoms with E-state index < -0.39 is 0 Å². The maximum Gasteiger partial charge on any atom is 0.216 e. The summed E-state index contributed by atoms with van der Waals surface area (Å²) in [7, 11) is 0. The second-order valence-electron chi connectivity index (χ2n) is 5.85. The summed E-state index contributed by atoms with van der Waals surface area (Å²) in [5.74, 6) is 1.28. The van der Waals surface area contributed by atoms with Gasteiger partial charge in [0.2, 0.25) is 5.95 Å². The summed E-state index contributed by atoms with van der Waals surface area (Å²) in [5.41, 5.74) is 1.57. The molecule has 8 heteroatoms. The van der Waals surface area contributed by atoms with E-state index in [-0.39, 0.29) is 18.3 Å². The lowest BCUT2D eigenvalue weighted by atomic mass is 9.95. The van der Waals surface area contributed by atoms with Crippen molar-refractivity contribution in [1.82, 2.24) is 24.6 Å². The normalized spacial score (nSPS) is 12.4. The van der Waals surface area contributed by atoms with Gasteiger partial charge in [0.05, 0.1) is 6.20 Å². The topological polar surface area (TPSA) is 91.1 Å². The molecule has 0 aliphatic heterocycles. The van der Waals surface area contributed by atoms with Crippen molar-refractivity contribution in [2.45, 2.75) is 12.3 Å². The zero-order chi connectivity index (χ0) is 17.9. The minimum absolute atomic E-state index is 0.0269. The largest absolute Gasteiger partial charge is 0.396 e. The van der Waals surface area contributed by atoms with E-state index in [0.29, 0.717) is 24.0 Å². The molecular weight excluding hydrogens is 335 g/mol. The molecule has 0 radical (unpaired) electrons. The number of H-pyrrole nitrogens is 1. The molecule has 3 N–H and O–H groups in total. The number of aromatic nitrogens is 5. The van der Waals surface area contributed by atoms with Gasteiger partial charge in [-0.3, -0.25) is 9.50 Å². The van der Waals surface area contributed by atoms with Gasteiger partial charge in [-0.2, -0.15) is 10.1 Å². The third-order valence-electron chi connectivity index (χ3n) is 4.15. The first-order valence-electron chi connectivity index (χ1n) is 8.22. The lowest BCUT2D eigenvalue weighted by molar-refractivity contribution is 0.280. The van der Waals surface area contributed by atoms with Gasteiger partial charge in [0, 0.05) is 24.8 Å². The number of halogens is 1. The van der Waals surface area contributed by atoms with Crippen molar-refractivity contribution < 1.29 is 9.50 Å². The molecule has 0 spiro atoms. The maximum atomic E-state index is 13.3. The van der Waals surface area contributed by atoms with Crippen LogP contribution in [0.2, 0.25) is 0 Å². The molecule has 0 amide bonds. The fourth-order valence-electron chi connectivity index (χ4n) is 2.91. The Kier molecular flexibility index (Phi) is 4.32. The molecule has 0 saturated heterocycles. The van der Waals surface area contributed by atoms with E-state index in [1.165, 1.54) is 12.1 Å². The molecule has 1 aromatic carbocycles. The number of fused-ring (bicyclic) bond motifs is 1. The van der Waals surface area contributed by atoms with Crippen LogP contribution in [0.3, 0.4) is 0 Å². The van der Waals surface area contributed by atoms with Crippen LogP contribution in [0.15, 0.2) is 54.9 Å². The Balaban J connectivity index is 1.79. The predicted octanol–water partition coefficient (Wildman–Crippen LogP) is 2.85. The molecule has 4 aromatic rings. The minimum atomic E-state index is -0.305. The van der Waals surface area contributed by atoms with E-state index in [0.717, 1.165) is 11.2 Å². The van der Waals surface area contributed by atoms with Crippen molar-refractivity contribution in [1.29, 1.82) is 0 Å². The van der Waals surface area contributed by atoms with Crippen molar-refractivity contribution in [2.24, 2.45) is 0 Å². The summed E-state index contributed by atoms with van der Waals surface area (Å²) >= 11 is 0. The first kappa shape index (κ1) is 16.2. The SMILES string of the molecule is OCCC(c1ccc(F)cc1)c1nc(Nc2ccn[nH]2)n2cccc2n1. The van der Waals surface area contributed by atoms with E-state index in [2.05, 4.69) is 25.5 Å². The molecule has 0 fully saturated rings. The zero-order valence-corrected chi connectivity index (χ0v) is 13.8. The monoisotopic (exact) mass is 352 g/mol. The molecule has 1 atom stereocenters. The van der Waals surface area contributed by atoms with Gasteiger partial charge in [0.25, 0.3) is 0 Å². The van der Waals surface area contributed by atoms with E-state index >= 15 is 0 Å². The number of aromatic amines is 1. The first-order valence-corrected chi connectivity index (χ1v) is 8.22. The van der Waals surface area contributed by atoms with Crippen molar-refractivity contribution in [2.75, 3.05) is 11.9 Å². The second-order valence-corrected chi connectivity index (χ2v) is 5.85. The highest BCUT2D eigenvalue weighted by atomic mass is 19.1. The van der Waals surface area contributed by atoms with Crippen molar-refractivity contribution >= 4 is 17.4 Å². The molecule has 0 aliphatic carbocycles. The highest BCUT2D eigenvalue weighted by Crippen LogP contribution is 2.27. The van der Waals surface area contributed by atoms with Gasteiger partial charge in [-0.05, 0) is 36.2 Å². The van der Waals surface area contributed by atoms with Gasteiger partial charge in [0.15, 0.2) is 0 Å². The van der Waals surface area contributed by atoms with Crippen LogP contribution < -0.4 is 5.32 Å². The number of hydrogen-bond donors (Lipinski definition) is 3. The van der Waals surface area contributed by atoms with Gasteiger partial charge in [-0.15, -0.1) is 0 Å². The number of anilines is 2. The smallest absolute Gasteiger partial charge is 0.216 e. The highest BCUT2D eigenvalue weighted by molar-refractivity contribution is 5.53. The quantitative estimate of drug-likeness (QED) is 0.496. The van der Waals surface area contributed by atoms with Crippen LogP contribution in [0.25, 0.3) is 5.65 Å². The minimum Gasteiger partial charge on any atom is -0.396 e. The Morgan fingerprint density at radius 2 is 2.00 bits per heavy atom. The molecule has 3 heterocycles. The number of nitrogens with one attached hydrogen (secondary N) is 2. The molecule has 0 saturated carbocycles. The van der Waals surface area contributed by atoms with Crippen LogP contribution in [0.1, 0.15) is 23.7 Å². The Bertz CT molecular complexity index is 996. The number of nitrogens with zero attached hydrogens (tertiary/aromatic N) is 4. The summed E-state index contributed by atoms with van der Waals surface area (Å²) in [6, 6.07) is 11.8. The lowest BCUT2D eigenvalue weighted by Crippen LogP contribution is -2.12. The van der Waals surface area contributed by atoms with Gasteiger partial charge >= 0.3 is 0 Å². The van der Waals surface area contributed by atoms with Crippen LogP contribution in [-0.2, 0) is 0 Å². The molecule has 3 aromatic heterocycles. The van der Waals surface area contributed by atoms with Gasteiger partial charge in [-0.25, -0.2) is 9.37 Å². The Morgan fingerprint density at radius 3 is 2.73 bits per heavy atom. The summed E-state index contributed by atoms with van der Waals surface area (Å²) in [5, 5.41) is 19.4. The highest BCUT2D eigenvalue weighted by Gasteiger charge is 2.19. The summed E-state index contributed by atoms with van der Waals surface area (Å²) in [6.07, 6.45) is 3.94. The Hall–Kier alpha value is -3.26. The average Bonchev–Trinajstić information content (AvgIpc) is 3.32. The van der Waals surface area contributed by atoms with Crippen molar-refractivity contribution in [3.8, 4) is 0 Å². The third-order valence-corrected chi connectivity index (χ3v) is 4.15. The van der Waals surface area contributed by atoms with Gasteiger partial charge < -0.3 is 10.4 Å². The molecule has 132 valence electrons. The number of aliphatic hydroxyl groups is 1. The predicted molar refractivity (Wildman–Crippen MR) is 94.8 cm³/mol. The van der Waals surface area contributed by atoms with Crippen molar-refractivity contribution in [3.63, 3.8) is 0 Å². The molecule has 0 aliphatic rings. The third kappa shape index (κ3) is 3.14. The van der Waals surface area contributed by atoms with Gasteiger partial charge in [-0.1, -0.05) is 12.1 Å². The number of rotatable bonds is 6. The van der Waals surface area contributed by atoms with E-state index in [4.69, 9.17) is 0 Å². The molecule has 7 nitrogen and oxygen atoms in total. The Morgan fingerprint density at radius 1 is 1.15 bits per heavy atom. The molecule has 0 bridgehead atoms. The Labute approximate surface area is 148 Å². The van der Waals surface area contributed by atoms with Crippen LogP contribution in [-0.4, -0.2) is 36.3 Å². The molecule has 4 rings (SSSR count). The number of hydrogen-bond acceptors (Lipinski definition) is 5. The fourth-order valence-corrected chi connectivity index (χ4v) is 2.91. The summed E-state index contributed by atoms with van der Waals surface area (Å²) in [6.45, 7) is -0.0269. The van der Waals surface area contributed by atoms with Crippen LogP contribution in [0, 0.1) is 5.82 Å². The van der Waals surface area contributed by atoms with Crippen LogP contribution >= 0.6 is 0 Å². The van der Waals surface area contributed by atoms with E-state index in [1.807, 2.05) is 22.7 Å². The first-order chi connectivity index (χ1) is 12.7. The van der Waals surface area contributed by atoms with Crippen LogP contribution in [0.4, 0.5) is 16.2 Å². The zero-order valence-electron chi connectivity index (χ0n) is 13.8. The lowest BCUT2D eigenvalue weighted by Gasteiger charge is -2.17. The van der Waals surface area contributed by atoms with E-state index in [1.54, 1.807) is 24.4 Å². The summed E-state index contributed by atoms with van der Waals surface area (Å²) < 4.78 is 15.1. The van der Waals surface area contributed by atoms with E-state index in [9.17, 15) is 9.50 Å². The maximum absolute atomic E-state index is 13.3. The van der Waals surface area contributed by atoms with Crippen LogP contribution in [0.5, 0.6) is 0 Å². The number of aliphatic hydroxyl groups excluding tert-OH is 1. The summed E-state index contributed by atoms with van der Waals surface area (Å²) in [4.78, 5) is 9.28. The van der Waals surface area contributed by atoms with Crippen molar-refractivity contribution in [3.05, 3.63) is 72.1 Å². The fraction of sp³-hybridized carbons (Fsp3) is 0.167. The molecule has 26 heavy (non-hydrogen) atoms. The molecular formula is C18H17FN6O. The standard InChI is InChI=1S/C18H17FN6O/c19-13-5-3-12(4-6-13)14(8-11-26)17-22-16-2-1-10-25(16)18(23-17)21-15-7-9-20-24-15/h1-7,9-10,14,26H,8,11H2,(H2,20,21,22,23,24). The number of benzene rings is 1. The average molecular weight is 352 g/mol. The second kappa shape index (κ2) is 6.93.